The first-order valence-corrected chi connectivity index (χ1v) is 12.8. The Morgan fingerprint density at radius 3 is 2.08 bits per heavy atom. The molecule has 1 aliphatic rings. The van der Waals surface area contributed by atoms with Gasteiger partial charge in [0, 0.05) is 24.8 Å². The molecule has 0 saturated carbocycles. The predicted octanol–water partition coefficient (Wildman–Crippen LogP) is 5.97. The number of nitrogens with two attached hydrogens (primary N) is 1. The first-order valence-electron chi connectivity index (χ1n) is 12.8. The lowest BCUT2D eigenvalue weighted by Crippen LogP contribution is -2.37. The summed E-state index contributed by atoms with van der Waals surface area (Å²) in [4.78, 5) is 26.9. The summed E-state index contributed by atoms with van der Waals surface area (Å²) < 4.78 is 37.7. The molecule has 0 spiro atoms. The maximum Gasteiger partial charge on any atom is 0.416 e. The highest BCUT2D eigenvalue weighted by molar-refractivity contribution is 6.05. The van der Waals surface area contributed by atoms with Crippen LogP contribution in [0.4, 0.5) is 18.9 Å². The zero-order valence-corrected chi connectivity index (χ0v) is 22.9. The molecule has 210 valence electrons. The maximum absolute atomic E-state index is 12.6. The Hall–Kier alpha value is -2.91. The van der Waals surface area contributed by atoms with Crippen LogP contribution in [-0.4, -0.2) is 48.6 Å². The summed E-state index contributed by atoms with van der Waals surface area (Å²) in [6, 6.07) is 9.65. The Bertz CT molecular complexity index is 1070. The van der Waals surface area contributed by atoms with Crippen molar-refractivity contribution in [3.8, 4) is 0 Å². The fourth-order valence-corrected chi connectivity index (χ4v) is 4.14. The van der Waals surface area contributed by atoms with E-state index in [4.69, 9.17) is 10.8 Å². The number of carbonyl (C=O) groups is 2. The smallest absolute Gasteiger partial charge is 0.416 e. The normalized spacial score (nSPS) is 15.0. The molecule has 0 radical (unpaired) electrons. The van der Waals surface area contributed by atoms with Crippen molar-refractivity contribution in [1.29, 1.82) is 0 Å². The van der Waals surface area contributed by atoms with Crippen LogP contribution in [0.1, 0.15) is 67.1 Å². The van der Waals surface area contributed by atoms with Crippen molar-refractivity contribution in [2.45, 2.75) is 59.7 Å². The van der Waals surface area contributed by atoms with E-state index in [1.54, 1.807) is 18.2 Å². The zero-order chi connectivity index (χ0) is 28.7. The lowest BCUT2D eigenvalue weighted by Gasteiger charge is -2.32. The fraction of sp³-hybridized carbons (Fsp3) is 0.517. The molecule has 3 rings (SSSR count). The molecule has 9 heteroatoms. The molecule has 1 amide bonds. The van der Waals surface area contributed by atoms with E-state index in [0.717, 1.165) is 55.7 Å². The van der Waals surface area contributed by atoms with E-state index >= 15 is 0 Å². The van der Waals surface area contributed by atoms with Gasteiger partial charge in [0.05, 0.1) is 11.5 Å². The van der Waals surface area contributed by atoms with E-state index in [-0.39, 0.29) is 11.8 Å². The van der Waals surface area contributed by atoms with Gasteiger partial charge >= 0.3 is 12.1 Å². The lowest BCUT2D eigenvalue weighted by molar-refractivity contribution is -0.143. The molecule has 1 fully saturated rings. The minimum atomic E-state index is -4.39. The minimum Gasteiger partial charge on any atom is -0.481 e. The highest BCUT2D eigenvalue weighted by Gasteiger charge is 2.30. The van der Waals surface area contributed by atoms with Crippen molar-refractivity contribution in [1.82, 2.24) is 4.90 Å². The number of anilines is 1. The third-order valence-corrected chi connectivity index (χ3v) is 6.81. The van der Waals surface area contributed by atoms with Gasteiger partial charge in [0.15, 0.2) is 0 Å². The zero-order valence-electron chi connectivity index (χ0n) is 22.9. The Kier molecular flexibility index (Phi) is 10.9. The van der Waals surface area contributed by atoms with Crippen molar-refractivity contribution < 1.29 is 27.9 Å². The van der Waals surface area contributed by atoms with Crippen LogP contribution < -0.4 is 10.6 Å². The number of aryl methyl sites for hydroxylation is 1. The van der Waals surface area contributed by atoms with Gasteiger partial charge in [0.2, 0.25) is 0 Å². The van der Waals surface area contributed by atoms with E-state index in [2.05, 4.69) is 25.7 Å². The minimum absolute atomic E-state index is 0.101. The number of nitrogens with zero attached hydrogens (tertiary/aromatic N) is 2. The van der Waals surface area contributed by atoms with Gasteiger partial charge in [-0.1, -0.05) is 26.8 Å². The van der Waals surface area contributed by atoms with Crippen molar-refractivity contribution in [2.75, 3.05) is 31.6 Å². The van der Waals surface area contributed by atoms with Crippen molar-refractivity contribution >= 4 is 17.6 Å². The molecule has 0 aliphatic carbocycles. The van der Waals surface area contributed by atoms with E-state index in [9.17, 15) is 22.8 Å². The Morgan fingerprint density at radius 2 is 1.63 bits per heavy atom. The van der Waals surface area contributed by atoms with Crippen LogP contribution in [0.3, 0.4) is 0 Å². The predicted molar refractivity (Wildman–Crippen MR) is 144 cm³/mol. The number of rotatable bonds is 6. The lowest BCUT2D eigenvalue weighted by atomic mass is 9.91. The van der Waals surface area contributed by atoms with Gasteiger partial charge in [-0.2, -0.15) is 13.2 Å². The summed E-state index contributed by atoms with van der Waals surface area (Å²) in [5.74, 6) is -1.02. The molecule has 1 heterocycles. The molecular formula is C29H40F3N3O3. The molecule has 0 unspecified atom stereocenters. The van der Waals surface area contributed by atoms with E-state index in [0.29, 0.717) is 23.2 Å². The largest absolute Gasteiger partial charge is 0.481 e. The van der Waals surface area contributed by atoms with E-state index in [1.165, 1.54) is 30.5 Å². The Labute approximate surface area is 223 Å². The Balaban J connectivity index is 0.000000293. The number of benzene rings is 2. The summed E-state index contributed by atoms with van der Waals surface area (Å²) in [6.45, 7) is 12.0. The van der Waals surface area contributed by atoms with Crippen molar-refractivity contribution in [3.63, 3.8) is 0 Å². The number of aliphatic carboxylic acids is 1. The molecule has 3 N–H and O–H groups in total. The third-order valence-electron chi connectivity index (χ3n) is 6.81. The number of hydrogen-bond donors (Lipinski definition) is 2. The summed E-state index contributed by atoms with van der Waals surface area (Å²) in [7, 11) is 1.52. The quantitative estimate of drug-likeness (QED) is 0.476. The van der Waals surface area contributed by atoms with Crippen LogP contribution in [0.5, 0.6) is 0 Å². The number of carboxylic acids is 1. The highest BCUT2D eigenvalue weighted by Crippen LogP contribution is 2.30. The second-order valence-corrected chi connectivity index (χ2v) is 11.0. The van der Waals surface area contributed by atoms with Gasteiger partial charge in [-0.25, -0.2) is 0 Å². The van der Waals surface area contributed by atoms with E-state index < -0.39 is 17.7 Å². The van der Waals surface area contributed by atoms with Crippen molar-refractivity contribution in [2.24, 2.45) is 17.1 Å². The molecule has 6 nitrogen and oxygen atoms in total. The number of piperidine rings is 1. The average Bonchev–Trinajstić information content (AvgIpc) is 2.86. The van der Waals surface area contributed by atoms with Gasteiger partial charge in [-0.05, 0) is 98.8 Å². The Morgan fingerprint density at radius 1 is 1.05 bits per heavy atom. The molecule has 2 aromatic carbocycles. The van der Waals surface area contributed by atoms with Gasteiger partial charge in [-0.3, -0.25) is 9.59 Å². The van der Waals surface area contributed by atoms with Crippen LogP contribution in [0.25, 0.3) is 0 Å². The third kappa shape index (κ3) is 9.44. The second kappa shape index (κ2) is 13.2. The molecule has 38 heavy (non-hydrogen) atoms. The highest BCUT2D eigenvalue weighted by atomic mass is 19.4. The molecule has 1 aliphatic heterocycles. The molecule has 2 aromatic rings. The summed E-state index contributed by atoms with van der Waals surface area (Å²) >= 11 is 0. The topological polar surface area (TPSA) is 86.9 Å². The van der Waals surface area contributed by atoms with Crippen LogP contribution >= 0.6 is 0 Å². The van der Waals surface area contributed by atoms with Gasteiger partial charge in [-0.15, -0.1) is 0 Å². The summed E-state index contributed by atoms with van der Waals surface area (Å²) in [5, 5.41) is 8.87. The number of carboxylic acid groups (broad SMARTS) is 1. The molecule has 1 saturated heterocycles. The summed E-state index contributed by atoms with van der Waals surface area (Å²) in [5.41, 5.74) is 7.92. The number of amides is 1. The molecular weight excluding hydrogens is 495 g/mol. The number of hydrogen-bond acceptors (Lipinski definition) is 4. The molecule has 0 bridgehead atoms. The van der Waals surface area contributed by atoms with E-state index in [1.807, 2.05) is 6.92 Å². The first kappa shape index (κ1) is 31.3. The van der Waals surface area contributed by atoms with Crippen LogP contribution in [0, 0.1) is 18.3 Å². The van der Waals surface area contributed by atoms with Gasteiger partial charge in [0.1, 0.15) is 0 Å². The number of halogens is 3. The monoisotopic (exact) mass is 535 g/mol. The van der Waals surface area contributed by atoms with Crippen LogP contribution in [-0.2, 0) is 17.5 Å². The molecule has 0 aromatic heterocycles. The van der Waals surface area contributed by atoms with Crippen LogP contribution in [0.15, 0.2) is 42.5 Å². The number of likely N-dealkylation sites (tertiary alicyclic amines) is 1. The fourth-order valence-electron chi connectivity index (χ4n) is 4.14. The van der Waals surface area contributed by atoms with Crippen LogP contribution in [0.2, 0.25) is 0 Å². The standard InChI is InChI=1S/C17H17F3N2O.C12H23NO2/c1-11-9-12(3-4-13(11)10-21)16(23)22(2)15-7-5-14(6-8-15)17(18,19)20;1-12(2,3)6-9-13-7-4-10(5-8-13)11(14)15/h3-9H,10,21H2,1-2H3;10H,4-9H2,1-3H3,(H,14,15). The first-order chi connectivity index (χ1) is 17.6. The summed E-state index contributed by atoms with van der Waals surface area (Å²) in [6.07, 6.45) is -1.57. The van der Waals surface area contributed by atoms with Gasteiger partial charge in [0.25, 0.3) is 5.91 Å². The SMILES string of the molecule is CC(C)(C)CCN1CCC(C(=O)O)CC1.Cc1cc(C(=O)N(C)c2ccc(C(F)(F)F)cc2)ccc1CN. The number of carbonyl (C=O) groups excluding carboxylic acids is 1. The van der Waals surface area contributed by atoms with Gasteiger partial charge < -0.3 is 20.6 Å². The van der Waals surface area contributed by atoms with Crippen molar-refractivity contribution in [3.05, 3.63) is 64.7 Å². The maximum atomic E-state index is 12.6. The second-order valence-electron chi connectivity index (χ2n) is 11.0. The number of alkyl halides is 3. The molecule has 0 atom stereocenters. The average molecular weight is 536 g/mol.